The van der Waals surface area contributed by atoms with Gasteiger partial charge in [0, 0.05) is 12.2 Å². The second-order valence-corrected chi connectivity index (χ2v) is 4.41. The molecule has 0 spiro atoms. The molecule has 1 unspecified atom stereocenters. The molecule has 4 nitrogen and oxygen atoms in total. The summed E-state index contributed by atoms with van der Waals surface area (Å²) < 4.78 is 0. The predicted molar refractivity (Wildman–Crippen MR) is 63.7 cm³/mol. The van der Waals surface area contributed by atoms with E-state index in [9.17, 15) is 4.79 Å². The molecule has 2 N–H and O–H groups in total. The minimum absolute atomic E-state index is 0.210. The van der Waals surface area contributed by atoms with Crippen LogP contribution in [0.15, 0.2) is 18.3 Å². The van der Waals surface area contributed by atoms with Crippen LogP contribution in [0, 0.1) is 5.92 Å². The fourth-order valence-corrected chi connectivity index (χ4v) is 1.62. The molecule has 1 aromatic rings. The molecule has 0 bridgehead atoms. The van der Waals surface area contributed by atoms with Crippen LogP contribution in [0.5, 0.6) is 0 Å². The van der Waals surface area contributed by atoms with E-state index in [1.807, 2.05) is 0 Å². The Balaban J connectivity index is 2.58. The number of carboxylic acid groups (broad SMARTS) is 1. The summed E-state index contributed by atoms with van der Waals surface area (Å²) in [7, 11) is 0. The molecular formula is C12H18N2O2. The lowest BCUT2D eigenvalue weighted by Gasteiger charge is -2.16. The summed E-state index contributed by atoms with van der Waals surface area (Å²) in [6.07, 6.45) is 2.43. The van der Waals surface area contributed by atoms with Gasteiger partial charge < -0.3 is 10.4 Å². The van der Waals surface area contributed by atoms with Crippen LogP contribution in [0.4, 0.5) is 5.82 Å². The van der Waals surface area contributed by atoms with Gasteiger partial charge in [-0.3, -0.25) is 0 Å². The van der Waals surface area contributed by atoms with Gasteiger partial charge in [-0.05, 0) is 31.4 Å². The predicted octanol–water partition coefficient (Wildman–Crippen LogP) is 2.63. The number of carbonyl (C=O) groups is 1. The first kappa shape index (κ1) is 12.5. The highest BCUT2D eigenvalue weighted by molar-refractivity contribution is 5.87. The number of hydrogen-bond donors (Lipinski definition) is 2. The third-order valence-electron chi connectivity index (χ3n) is 2.23. The summed E-state index contributed by atoms with van der Waals surface area (Å²) in [6.45, 7) is 6.42. The number of anilines is 1. The summed E-state index contributed by atoms with van der Waals surface area (Å²) in [5.41, 5.74) is 0.210. The van der Waals surface area contributed by atoms with Crippen LogP contribution in [-0.2, 0) is 0 Å². The van der Waals surface area contributed by atoms with E-state index < -0.39 is 5.97 Å². The van der Waals surface area contributed by atoms with Crippen molar-refractivity contribution in [2.75, 3.05) is 5.32 Å². The Morgan fingerprint density at radius 1 is 1.44 bits per heavy atom. The Morgan fingerprint density at radius 2 is 2.12 bits per heavy atom. The van der Waals surface area contributed by atoms with E-state index in [2.05, 4.69) is 31.1 Å². The number of rotatable bonds is 5. The molecular weight excluding hydrogens is 204 g/mol. The van der Waals surface area contributed by atoms with Gasteiger partial charge in [0.25, 0.3) is 0 Å². The summed E-state index contributed by atoms with van der Waals surface area (Å²) >= 11 is 0. The molecule has 0 aliphatic carbocycles. The quantitative estimate of drug-likeness (QED) is 0.804. The molecule has 1 rings (SSSR count). The van der Waals surface area contributed by atoms with E-state index in [0.717, 1.165) is 12.2 Å². The molecule has 0 aliphatic heterocycles. The second-order valence-electron chi connectivity index (χ2n) is 4.41. The first-order chi connectivity index (χ1) is 7.49. The maximum absolute atomic E-state index is 10.6. The molecule has 1 atom stereocenters. The lowest BCUT2D eigenvalue weighted by molar-refractivity contribution is 0.0696. The van der Waals surface area contributed by atoms with Crippen LogP contribution in [0.1, 0.15) is 37.6 Å². The van der Waals surface area contributed by atoms with Crippen LogP contribution in [-0.4, -0.2) is 22.1 Å². The lowest BCUT2D eigenvalue weighted by atomic mass is 10.1. The van der Waals surface area contributed by atoms with Gasteiger partial charge >= 0.3 is 5.97 Å². The SMILES string of the molecule is CC(C)CC(C)Nc1ccc(C(=O)O)cn1. The third kappa shape index (κ3) is 3.88. The molecule has 0 saturated heterocycles. The van der Waals surface area contributed by atoms with Crippen molar-refractivity contribution in [1.29, 1.82) is 0 Å². The number of pyridine rings is 1. The normalized spacial score (nSPS) is 12.5. The largest absolute Gasteiger partial charge is 0.478 e. The standard InChI is InChI=1S/C12H18N2O2/c1-8(2)6-9(3)14-11-5-4-10(7-13-11)12(15)16/h4-5,7-9H,6H2,1-3H3,(H,13,14)(H,15,16). The van der Waals surface area contributed by atoms with Crippen molar-refractivity contribution >= 4 is 11.8 Å². The molecule has 0 saturated carbocycles. The zero-order chi connectivity index (χ0) is 12.1. The molecule has 1 heterocycles. The van der Waals surface area contributed by atoms with Gasteiger partial charge in [-0.2, -0.15) is 0 Å². The number of nitrogens with one attached hydrogen (secondary N) is 1. The van der Waals surface area contributed by atoms with Crippen LogP contribution < -0.4 is 5.32 Å². The zero-order valence-electron chi connectivity index (χ0n) is 9.90. The van der Waals surface area contributed by atoms with Gasteiger partial charge in [-0.25, -0.2) is 9.78 Å². The summed E-state index contributed by atoms with van der Waals surface area (Å²) in [4.78, 5) is 14.7. The van der Waals surface area contributed by atoms with E-state index in [4.69, 9.17) is 5.11 Å². The highest BCUT2D eigenvalue weighted by Gasteiger charge is 2.07. The molecule has 4 heteroatoms. The van der Waals surface area contributed by atoms with Crippen molar-refractivity contribution in [3.05, 3.63) is 23.9 Å². The van der Waals surface area contributed by atoms with Gasteiger partial charge in [0.05, 0.1) is 5.56 Å². The average molecular weight is 222 g/mol. The van der Waals surface area contributed by atoms with E-state index in [1.165, 1.54) is 6.20 Å². The van der Waals surface area contributed by atoms with Crippen LogP contribution in [0.3, 0.4) is 0 Å². The maximum Gasteiger partial charge on any atom is 0.337 e. The Morgan fingerprint density at radius 3 is 2.56 bits per heavy atom. The fourth-order valence-electron chi connectivity index (χ4n) is 1.62. The minimum atomic E-state index is -0.950. The minimum Gasteiger partial charge on any atom is -0.478 e. The van der Waals surface area contributed by atoms with E-state index in [-0.39, 0.29) is 5.56 Å². The van der Waals surface area contributed by atoms with E-state index in [1.54, 1.807) is 12.1 Å². The average Bonchev–Trinajstić information content (AvgIpc) is 2.16. The Labute approximate surface area is 95.7 Å². The van der Waals surface area contributed by atoms with Gasteiger partial charge in [-0.1, -0.05) is 13.8 Å². The van der Waals surface area contributed by atoms with Crippen molar-refractivity contribution in [1.82, 2.24) is 4.98 Å². The van der Waals surface area contributed by atoms with Crippen molar-refractivity contribution < 1.29 is 9.90 Å². The zero-order valence-corrected chi connectivity index (χ0v) is 9.90. The highest BCUT2D eigenvalue weighted by atomic mass is 16.4. The summed E-state index contributed by atoms with van der Waals surface area (Å²) in [6, 6.07) is 3.59. The van der Waals surface area contributed by atoms with Gasteiger partial charge in [0.1, 0.15) is 5.82 Å². The Kier molecular flexibility index (Phi) is 4.28. The first-order valence-corrected chi connectivity index (χ1v) is 5.45. The molecule has 88 valence electrons. The van der Waals surface area contributed by atoms with Crippen LogP contribution in [0.25, 0.3) is 0 Å². The van der Waals surface area contributed by atoms with Crippen molar-refractivity contribution in [3.8, 4) is 0 Å². The van der Waals surface area contributed by atoms with Crippen molar-refractivity contribution in [2.45, 2.75) is 33.2 Å². The molecule has 0 aromatic carbocycles. The number of carboxylic acids is 1. The van der Waals surface area contributed by atoms with E-state index in [0.29, 0.717) is 12.0 Å². The molecule has 0 fully saturated rings. The van der Waals surface area contributed by atoms with Gasteiger partial charge in [-0.15, -0.1) is 0 Å². The molecule has 1 aromatic heterocycles. The van der Waals surface area contributed by atoms with E-state index >= 15 is 0 Å². The maximum atomic E-state index is 10.6. The number of aromatic nitrogens is 1. The smallest absolute Gasteiger partial charge is 0.337 e. The Hall–Kier alpha value is -1.58. The topological polar surface area (TPSA) is 62.2 Å². The molecule has 0 radical (unpaired) electrons. The second kappa shape index (κ2) is 5.49. The molecule has 0 amide bonds. The number of nitrogens with zero attached hydrogens (tertiary/aromatic N) is 1. The molecule has 0 aliphatic rings. The Bertz CT molecular complexity index is 347. The van der Waals surface area contributed by atoms with Gasteiger partial charge in [0.15, 0.2) is 0 Å². The van der Waals surface area contributed by atoms with Crippen LogP contribution in [0.2, 0.25) is 0 Å². The van der Waals surface area contributed by atoms with Crippen LogP contribution >= 0.6 is 0 Å². The fraction of sp³-hybridized carbons (Fsp3) is 0.500. The molecule has 16 heavy (non-hydrogen) atoms. The summed E-state index contributed by atoms with van der Waals surface area (Å²) in [5.74, 6) is 0.397. The summed E-state index contributed by atoms with van der Waals surface area (Å²) in [5, 5.41) is 12.0. The monoisotopic (exact) mass is 222 g/mol. The third-order valence-corrected chi connectivity index (χ3v) is 2.23. The lowest BCUT2D eigenvalue weighted by Crippen LogP contribution is -2.18. The highest BCUT2D eigenvalue weighted by Crippen LogP contribution is 2.11. The van der Waals surface area contributed by atoms with Crippen molar-refractivity contribution in [3.63, 3.8) is 0 Å². The van der Waals surface area contributed by atoms with Gasteiger partial charge in [0.2, 0.25) is 0 Å². The number of aromatic carboxylic acids is 1. The van der Waals surface area contributed by atoms with Crippen molar-refractivity contribution in [2.24, 2.45) is 5.92 Å². The first-order valence-electron chi connectivity index (χ1n) is 5.45. The number of hydrogen-bond acceptors (Lipinski definition) is 3.